The van der Waals surface area contributed by atoms with Crippen LogP contribution in [0.25, 0.3) is 6.08 Å². The van der Waals surface area contributed by atoms with Crippen LogP contribution in [0.3, 0.4) is 0 Å². The fourth-order valence-electron chi connectivity index (χ4n) is 1.71. The molecule has 0 aromatic heterocycles. The molecule has 1 aromatic rings. The van der Waals surface area contributed by atoms with Gasteiger partial charge in [-0.05, 0) is 23.8 Å². The molecule has 2 rings (SSSR count). The number of amides is 1. The van der Waals surface area contributed by atoms with Crippen LogP contribution in [0.4, 0.5) is 4.39 Å². The van der Waals surface area contributed by atoms with Crippen LogP contribution < -0.4 is 0 Å². The van der Waals surface area contributed by atoms with Gasteiger partial charge in [-0.25, -0.2) is 4.39 Å². The van der Waals surface area contributed by atoms with Crippen molar-refractivity contribution in [2.24, 2.45) is 0 Å². The van der Waals surface area contributed by atoms with Gasteiger partial charge in [-0.3, -0.25) is 14.5 Å². The van der Waals surface area contributed by atoms with E-state index in [0.717, 1.165) is 11.8 Å². The Hall–Kier alpha value is -1.73. The molecule has 1 saturated heterocycles. The van der Waals surface area contributed by atoms with Crippen LogP contribution in [0.1, 0.15) is 12.0 Å². The fraction of sp³-hybridized carbons (Fsp3) is 0.214. The number of methoxy groups -OCH3 is 1. The Morgan fingerprint density at radius 2 is 2.10 bits per heavy atom. The van der Waals surface area contributed by atoms with Crippen LogP contribution in [0.15, 0.2) is 29.2 Å². The van der Waals surface area contributed by atoms with E-state index in [2.05, 4.69) is 4.74 Å². The van der Waals surface area contributed by atoms with Crippen molar-refractivity contribution in [3.8, 4) is 0 Å². The lowest BCUT2D eigenvalue weighted by Crippen LogP contribution is -2.30. The molecule has 7 heteroatoms. The van der Waals surface area contributed by atoms with Crippen LogP contribution in [0, 0.1) is 5.82 Å². The number of thioether (sulfide) groups is 1. The maximum Gasteiger partial charge on any atom is 0.307 e. The quantitative estimate of drug-likeness (QED) is 0.484. The molecule has 0 atom stereocenters. The van der Waals surface area contributed by atoms with Gasteiger partial charge in [-0.1, -0.05) is 36.1 Å². The topological polar surface area (TPSA) is 46.6 Å². The van der Waals surface area contributed by atoms with E-state index in [1.54, 1.807) is 18.2 Å². The molecular weight excluding hydrogens is 313 g/mol. The number of halogens is 1. The van der Waals surface area contributed by atoms with Crippen molar-refractivity contribution in [2.75, 3.05) is 13.7 Å². The van der Waals surface area contributed by atoms with Crippen molar-refractivity contribution >= 4 is 46.3 Å². The van der Waals surface area contributed by atoms with Gasteiger partial charge < -0.3 is 4.74 Å². The number of thiocarbonyl (C=S) groups is 1. The van der Waals surface area contributed by atoms with Crippen LogP contribution in [-0.4, -0.2) is 34.8 Å². The number of nitrogens with zero attached hydrogens (tertiary/aromatic N) is 1. The molecule has 1 aliphatic heterocycles. The van der Waals surface area contributed by atoms with Gasteiger partial charge in [0.25, 0.3) is 5.91 Å². The number of rotatable bonds is 4. The molecular formula is C14H12FNO3S2. The molecule has 4 nitrogen and oxygen atoms in total. The molecule has 0 radical (unpaired) electrons. The fourth-order valence-corrected chi connectivity index (χ4v) is 3.02. The molecule has 0 unspecified atom stereocenters. The predicted octanol–water partition coefficient (Wildman–Crippen LogP) is 2.59. The molecule has 0 bridgehead atoms. The standard InChI is InChI=1S/C14H12FNO3S2/c1-19-12(17)6-7-16-13(18)11(21-14(16)20)8-9-2-4-10(15)5-3-9/h2-5,8H,6-7H2,1H3. The van der Waals surface area contributed by atoms with E-state index in [-0.39, 0.29) is 24.7 Å². The molecule has 1 fully saturated rings. The van der Waals surface area contributed by atoms with E-state index >= 15 is 0 Å². The molecule has 1 heterocycles. The number of ether oxygens (including phenoxy) is 1. The van der Waals surface area contributed by atoms with E-state index in [9.17, 15) is 14.0 Å². The summed E-state index contributed by atoms with van der Waals surface area (Å²) in [6.07, 6.45) is 1.74. The maximum atomic E-state index is 12.8. The van der Waals surface area contributed by atoms with Crippen molar-refractivity contribution in [3.63, 3.8) is 0 Å². The molecule has 0 aliphatic carbocycles. The molecule has 21 heavy (non-hydrogen) atoms. The van der Waals surface area contributed by atoms with E-state index in [1.165, 1.54) is 24.1 Å². The zero-order valence-corrected chi connectivity index (χ0v) is 12.8. The normalized spacial score (nSPS) is 16.7. The van der Waals surface area contributed by atoms with Crippen LogP contribution in [-0.2, 0) is 14.3 Å². The Labute approximate surface area is 130 Å². The first-order chi connectivity index (χ1) is 10.0. The van der Waals surface area contributed by atoms with E-state index in [1.807, 2.05) is 0 Å². The minimum absolute atomic E-state index is 0.0900. The summed E-state index contributed by atoms with van der Waals surface area (Å²) in [5.74, 6) is -0.984. The molecule has 0 spiro atoms. The third-order valence-corrected chi connectivity index (χ3v) is 4.19. The third kappa shape index (κ3) is 3.89. The second kappa shape index (κ2) is 6.82. The van der Waals surface area contributed by atoms with Gasteiger partial charge in [0.15, 0.2) is 0 Å². The van der Waals surface area contributed by atoms with Crippen molar-refractivity contribution < 1.29 is 18.7 Å². The van der Waals surface area contributed by atoms with Gasteiger partial charge in [-0.2, -0.15) is 0 Å². The smallest absolute Gasteiger partial charge is 0.307 e. The van der Waals surface area contributed by atoms with Gasteiger partial charge in [0, 0.05) is 6.54 Å². The summed E-state index contributed by atoms with van der Waals surface area (Å²) < 4.78 is 17.8. The van der Waals surface area contributed by atoms with Crippen LogP contribution in [0.5, 0.6) is 0 Å². The molecule has 0 saturated carbocycles. The average molecular weight is 325 g/mol. The third-order valence-electron chi connectivity index (χ3n) is 2.81. The summed E-state index contributed by atoms with van der Waals surface area (Å²) in [5, 5.41) is 0. The molecule has 1 aromatic carbocycles. The first kappa shape index (κ1) is 15.7. The molecule has 0 N–H and O–H groups in total. The highest BCUT2D eigenvalue weighted by Crippen LogP contribution is 2.32. The van der Waals surface area contributed by atoms with Crippen molar-refractivity contribution in [2.45, 2.75) is 6.42 Å². The number of hydrogen-bond acceptors (Lipinski definition) is 5. The van der Waals surface area contributed by atoms with Gasteiger partial charge >= 0.3 is 5.97 Å². The van der Waals surface area contributed by atoms with Crippen molar-refractivity contribution in [1.29, 1.82) is 0 Å². The number of esters is 1. The maximum absolute atomic E-state index is 12.8. The lowest BCUT2D eigenvalue weighted by atomic mass is 10.2. The van der Waals surface area contributed by atoms with Gasteiger partial charge in [-0.15, -0.1) is 0 Å². The molecule has 1 amide bonds. The summed E-state index contributed by atoms with van der Waals surface area (Å²) in [7, 11) is 1.29. The Balaban J connectivity index is 2.10. The summed E-state index contributed by atoms with van der Waals surface area (Å²) in [4.78, 5) is 25.2. The second-order valence-corrected chi connectivity index (χ2v) is 5.89. The van der Waals surface area contributed by atoms with Gasteiger partial charge in [0.1, 0.15) is 10.1 Å². The minimum atomic E-state index is -0.397. The zero-order valence-electron chi connectivity index (χ0n) is 11.2. The highest BCUT2D eigenvalue weighted by molar-refractivity contribution is 8.26. The van der Waals surface area contributed by atoms with Gasteiger partial charge in [0.05, 0.1) is 18.4 Å². The Morgan fingerprint density at radius 3 is 2.71 bits per heavy atom. The van der Waals surface area contributed by atoms with Crippen LogP contribution in [0.2, 0.25) is 0 Å². The minimum Gasteiger partial charge on any atom is -0.469 e. The summed E-state index contributed by atoms with van der Waals surface area (Å²) in [6, 6.07) is 5.81. The van der Waals surface area contributed by atoms with E-state index in [0.29, 0.717) is 14.8 Å². The van der Waals surface area contributed by atoms with Crippen molar-refractivity contribution in [3.05, 3.63) is 40.6 Å². The summed E-state index contributed by atoms with van der Waals surface area (Å²) in [6.45, 7) is 0.193. The Morgan fingerprint density at radius 1 is 1.43 bits per heavy atom. The average Bonchev–Trinajstić information content (AvgIpc) is 2.73. The summed E-state index contributed by atoms with van der Waals surface area (Å²) in [5.41, 5.74) is 0.713. The zero-order chi connectivity index (χ0) is 15.4. The largest absolute Gasteiger partial charge is 0.469 e. The highest BCUT2D eigenvalue weighted by Gasteiger charge is 2.32. The second-order valence-electron chi connectivity index (χ2n) is 4.21. The van der Waals surface area contributed by atoms with E-state index < -0.39 is 5.97 Å². The van der Waals surface area contributed by atoms with Crippen molar-refractivity contribution in [1.82, 2.24) is 4.90 Å². The van der Waals surface area contributed by atoms with E-state index in [4.69, 9.17) is 12.2 Å². The number of carbonyl (C=O) groups is 2. The first-order valence-corrected chi connectivity index (χ1v) is 7.31. The Kier molecular flexibility index (Phi) is 5.08. The highest BCUT2D eigenvalue weighted by atomic mass is 32.2. The number of benzene rings is 1. The Bertz CT molecular complexity index is 613. The first-order valence-electron chi connectivity index (χ1n) is 6.09. The van der Waals surface area contributed by atoms with Crippen LogP contribution >= 0.6 is 24.0 Å². The monoisotopic (exact) mass is 325 g/mol. The SMILES string of the molecule is COC(=O)CCN1C(=O)C(=Cc2ccc(F)cc2)SC1=S. The molecule has 110 valence electrons. The lowest BCUT2D eigenvalue weighted by Gasteiger charge is -2.12. The lowest BCUT2D eigenvalue weighted by molar-refractivity contribution is -0.140. The molecule has 1 aliphatic rings. The van der Waals surface area contributed by atoms with Gasteiger partial charge in [0.2, 0.25) is 0 Å². The number of carbonyl (C=O) groups excluding carboxylic acids is 2. The summed E-state index contributed by atoms with van der Waals surface area (Å²) >= 11 is 6.30. The predicted molar refractivity (Wildman–Crippen MR) is 82.9 cm³/mol. The number of hydrogen-bond donors (Lipinski definition) is 0.